The summed E-state index contributed by atoms with van der Waals surface area (Å²) < 4.78 is 5.70. The molecule has 2 unspecified atom stereocenters. The fourth-order valence-corrected chi connectivity index (χ4v) is 5.80. The molecule has 2 fully saturated rings. The van der Waals surface area contributed by atoms with E-state index in [9.17, 15) is 14.4 Å². The highest BCUT2D eigenvalue weighted by Gasteiger charge is 2.38. The van der Waals surface area contributed by atoms with Gasteiger partial charge >= 0.3 is 12.1 Å². The van der Waals surface area contributed by atoms with E-state index in [1.54, 1.807) is 4.90 Å². The lowest BCUT2D eigenvalue weighted by Gasteiger charge is -2.39. The maximum absolute atomic E-state index is 13.4. The van der Waals surface area contributed by atoms with Crippen molar-refractivity contribution < 1.29 is 24.2 Å². The van der Waals surface area contributed by atoms with Crippen LogP contribution in [0.2, 0.25) is 0 Å². The third-order valence-corrected chi connectivity index (χ3v) is 7.80. The van der Waals surface area contributed by atoms with Gasteiger partial charge in [-0.1, -0.05) is 55.0 Å². The molecule has 2 aromatic carbocycles. The number of hydrogen-bond donors (Lipinski definition) is 2. The molecule has 7 nitrogen and oxygen atoms in total. The molecule has 2 aromatic rings. The van der Waals surface area contributed by atoms with Gasteiger partial charge in [0, 0.05) is 25.4 Å². The fraction of sp³-hybridized carbons (Fsp3) is 0.464. The maximum Gasteiger partial charge on any atom is 0.407 e. The van der Waals surface area contributed by atoms with Crippen molar-refractivity contribution in [3.05, 3.63) is 59.7 Å². The normalized spacial score (nSPS) is 20.3. The van der Waals surface area contributed by atoms with Gasteiger partial charge in [-0.25, -0.2) is 4.79 Å². The van der Waals surface area contributed by atoms with Gasteiger partial charge in [0.15, 0.2) is 0 Å². The van der Waals surface area contributed by atoms with E-state index in [0.717, 1.165) is 43.2 Å². The number of carboxylic acids is 1. The van der Waals surface area contributed by atoms with Crippen molar-refractivity contribution in [2.24, 2.45) is 11.8 Å². The SMILES string of the molecule is O=C(O)CC1CCCN(C(=O)C(NC(=O)OCC2c3ccccc3-c3ccccc32)C2CCC2)C1. The number of nitrogens with zero attached hydrogens (tertiary/aromatic N) is 1. The highest BCUT2D eigenvalue weighted by Crippen LogP contribution is 2.44. The minimum absolute atomic E-state index is 0.0372. The monoisotopic (exact) mass is 476 g/mol. The molecule has 5 rings (SSSR count). The first-order valence-corrected chi connectivity index (χ1v) is 12.6. The third-order valence-electron chi connectivity index (χ3n) is 7.80. The van der Waals surface area contributed by atoms with E-state index in [1.165, 1.54) is 11.1 Å². The highest BCUT2D eigenvalue weighted by atomic mass is 16.5. The van der Waals surface area contributed by atoms with Gasteiger partial charge in [-0.3, -0.25) is 9.59 Å². The molecule has 1 saturated carbocycles. The van der Waals surface area contributed by atoms with E-state index in [1.807, 2.05) is 24.3 Å². The summed E-state index contributed by atoms with van der Waals surface area (Å²) in [7, 11) is 0. The van der Waals surface area contributed by atoms with Gasteiger partial charge in [0.25, 0.3) is 0 Å². The number of piperidine rings is 1. The van der Waals surface area contributed by atoms with E-state index in [0.29, 0.717) is 13.1 Å². The number of likely N-dealkylation sites (tertiary alicyclic amines) is 1. The third kappa shape index (κ3) is 4.90. The van der Waals surface area contributed by atoms with E-state index in [-0.39, 0.29) is 36.7 Å². The van der Waals surface area contributed by atoms with Gasteiger partial charge in [-0.2, -0.15) is 0 Å². The van der Waals surface area contributed by atoms with Crippen molar-refractivity contribution in [3.8, 4) is 11.1 Å². The van der Waals surface area contributed by atoms with Crippen molar-refractivity contribution in [1.82, 2.24) is 10.2 Å². The summed E-state index contributed by atoms with van der Waals surface area (Å²) in [5, 5.41) is 12.0. The number of fused-ring (bicyclic) bond motifs is 3. The summed E-state index contributed by atoms with van der Waals surface area (Å²) in [6.07, 6.45) is 3.92. The van der Waals surface area contributed by atoms with E-state index >= 15 is 0 Å². The minimum Gasteiger partial charge on any atom is -0.481 e. The van der Waals surface area contributed by atoms with Gasteiger partial charge in [0.1, 0.15) is 12.6 Å². The minimum atomic E-state index is -0.836. The molecule has 3 aliphatic rings. The molecule has 1 saturated heterocycles. The molecule has 2 amide bonds. The van der Waals surface area contributed by atoms with Crippen molar-refractivity contribution in [2.45, 2.75) is 50.5 Å². The van der Waals surface area contributed by atoms with Crippen LogP contribution in [0.5, 0.6) is 0 Å². The van der Waals surface area contributed by atoms with Gasteiger partial charge in [0.05, 0.1) is 0 Å². The topological polar surface area (TPSA) is 95.9 Å². The van der Waals surface area contributed by atoms with Crippen molar-refractivity contribution in [3.63, 3.8) is 0 Å². The lowest BCUT2D eigenvalue weighted by Crippen LogP contribution is -2.55. The van der Waals surface area contributed by atoms with Gasteiger partial charge in [-0.05, 0) is 59.8 Å². The van der Waals surface area contributed by atoms with E-state index in [2.05, 4.69) is 29.6 Å². The Labute approximate surface area is 205 Å². The van der Waals surface area contributed by atoms with Crippen LogP contribution in [0, 0.1) is 11.8 Å². The van der Waals surface area contributed by atoms with Crippen molar-refractivity contribution >= 4 is 18.0 Å². The molecule has 35 heavy (non-hydrogen) atoms. The van der Waals surface area contributed by atoms with Crippen LogP contribution in [0.3, 0.4) is 0 Å². The second kappa shape index (κ2) is 10.1. The molecule has 2 atom stereocenters. The van der Waals surface area contributed by atoms with Crippen LogP contribution < -0.4 is 5.32 Å². The fourth-order valence-electron chi connectivity index (χ4n) is 5.80. The first-order chi connectivity index (χ1) is 17.0. The van der Waals surface area contributed by atoms with E-state index in [4.69, 9.17) is 9.84 Å². The van der Waals surface area contributed by atoms with Crippen molar-refractivity contribution in [1.29, 1.82) is 0 Å². The lowest BCUT2D eigenvalue weighted by atomic mass is 9.79. The number of hydrogen-bond acceptors (Lipinski definition) is 4. The summed E-state index contributed by atoms with van der Waals surface area (Å²) in [6.45, 7) is 1.24. The zero-order chi connectivity index (χ0) is 24.4. The van der Waals surface area contributed by atoms with Crippen LogP contribution in [0.4, 0.5) is 4.79 Å². The van der Waals surface area contributed by atoms with E-state index < -0.39 is 18.1 Å². The summed E-state index contributed by atoms with van der Waals surface area (Å²) in [5.74, 6) is -0.927. The van der Waals surface area contributed by atoms with Gasteiger partial charge < -0.3 is 20.1 Å². The number of aliphatic carboxylic acids is 1. The average Bonchev–Trinajstić information content (AvgIpc) is 3.14. The first kappa shape index (κ1) is 23.4. The number of alkyl carbamates (subject to hydrolysis) is 1. The Bertz CT molecular complexity index is 1070. The lowest BCUT2D eigenvalue weighted by molar-refractivity contribution is -0.142. The number of amides is 2. The molecular formula is C28H32N2O5. The highest BCUT2D eigenvalue weighted by molar-refractivity contribution is 5.86. The number of carboxylic acid groups (broad SMARTS) is 1. The Kier molecular flexibility index (Phi) is 6.75. The average molecular weight is 477 g/mol. The molecule has 7 heteroatoms. The molecule has 2 N–H and O–H groups in total. The van der Waals surface area contributed by atoms with Crippen LogP contribution in [0.15, 0.2) is 48.5 Å². The quantitative estimate of drug-likeness (QED) is 0.617. The number of rotatable bonds is 7. The maximum atomic E-state index is 13.4. The molecule has 0 radical (unpaired) electrons. The second-order valence-corrected chi connectivity index (χ2v) is 10.0. The summed E-state index contributed by atoms with van der Waals surface area (Å²) in [4.78, 5) is 39.2. The standard InChI is InChI=1S/C28H32N2O5/c31-25(32)15-18-7-6-14-30(16-18)27(33)26(19-8-5-9-19)29-28(34)35-17-24-22-12-3-1-10-20(22)21-11-2-4-13-23(21)24/h1-4,10-13,18-19,24,26H,5-9,14-17H2,(H,29,34)(H,31,32). The predicted molar refractivity (Wildman–Crippen MR) is 131 cm³/mol. The molecule has 0 spiro atoms. The Balaban J connectivity index is 1.24. The van der Waals surface area contributed by atoms with Crippen LogP contribution in [-0.2, 0) is 14.3 Å². The molecule has 2 aliphatic carbocycles. The molecular weight excluding hydrogens is 444 g/mol. The Morgan fingerprint density at radius 3 is 2.23 bits per heavy atom. The predicted octanol–water partition coefficient (Wildman–Crippen LogP) is 4.41. The zero-order valence-corrected chi connectivity index (χ0v) is 19.8. The number of nitrogens with one attached hydrogen (secondary N) is 1. The number of benzene rings is 2. The number of carbonyl (C=O) groups is 3. The Hall–Kier alpha value is -3.35. The first-order valence-electron chi connectivity index (χ1n) is 12.6. The zero-order valence-electron chi connectivity index (χ0n) is 19.8. The van der Waals surface area contributed by atoms with Crippen molar-refractivity contribution in [2.75, 3.05) is 19.7 Å². The molecule has 0 bridgehead atoms. The van der Waals surface area contributed by atoms with Gasteiger partial charge in [0.2, 0.25) is 5.91 Å². The smallest absolute Gasteiger partial charge is 0.407 e. The Morgan fingerprint density at radius 1 is 0.971 bits per heavy atom. The van der Waals surface area contributed by atoms with Crippen LogP contribution >= 0.6 is 0 Å². The Morgan fingerprint density at radius 2 is 1.63 bits per heavy atom. The number of ether oxygens (including phenoxy) is 1. The van der Waals surface area contributed by atoms with Gasteiger partial charge in [-0.15, -0.1) is 0 Å². The molecule has 0 aromatic heterocycles. The number of carbonyl (C=O) groups excluding carboxylic acids is 2. The van der Waals surface area contributed by atoms with Crippen LogP contribution in [0.1, 0.15) is 55.6 Å². The second-order valence-electron chi connectivity index (χ2n) is 10.0. The summed E-state index contributed by atoms with van der Waals surface area (Å²) >= 11 is 0. The summed E-state index contributed by atoms with van der Waals surface area (Å²) in [5.41, 5.74) is 4.62. The summed E-state index contributed by atoms with van der Waals surface area (Å²) in [6, 6.07) is 15.7. The molecule has 184 valence electrons. The van der Waals surface area contributed by atoms with Crippen LogP contribution in [-0.4, -0.2) is 53.7 Å². The molecule has 1 aliphatic heterocycles. The largest absolute Gasteiger partial charge is 0.481 e. The van der Waals surface area contributed by atoms with Crippen LogP contribution in [0.25, 0.3) is 11.1 Å². The molecule has 1 heterocycles.